The maximum atomic E-state index is 12.2. The lowest BCUT2D eigenvalue weighted by Gasteiger charge is -2.36. The van der Waals surface area contributed by atoms with Crippen molar-refractivity contribution in [1.82, 2.24) is 4.31 Å². The van der Waals surface area contributed by atoms with Crippen LogP contribution >= 0.6 is 0 Å². The van der Waals surface area contributed by atoms with Gasteiger partial charge >= 0.3 is 5.97 Å². The minimum absolute atomic E-state index is 0.0311. The number of carbonyl (C=O) groups excluding carboxylic acids is 1. The zero-order valence-corrected chi connectivity index (χ0v) is 12.2. The molecule has 0 amide bonds. The second kappa shape index (κ2) is 7.81. The van der Waals surface area contributed by atoms with Crippen molar-refractivity contribution in [2.24, 2.45) is 0 Å². The predicted octanol–water partition coefficient (Wildman–Crippen LogP) is 0.506. The molecular formula is C12H23NO5S. The molecule has 0 aromatic heterocycles. The van der Waals surface area contributed by atoms with Crippen molar-refractivity contribution >= 4 is 16.0 Å². The van der Waals surface area contributed by atoms with Crippen molar-refractivity contribution in [3.05, 3.63) is 0 Å². The second-order valence-electron chi connectivity index (χ2n) is 4.64. The number of hydrogen-bond donors (Lipinski definition) is 1. The van der Waals surface area contributed by atoms with E-state index in [1.54, 1.807) is 6.92 Å². The van der Waals surface area contributed by atoms with E-state index in [4.69, 9.17) is 9.84 Å². The van der Waals surface area contributed by atoms with Crippen LogP contribution in [0, 0.1) is 0 Å². The number of nitrogens with zero attached hydrogens (tertiary/aromatic N) is 1. The molecule has 0 spiro atoms. The van der Waals surface area contributed by atoms with E-state index in [1.165, 1.54) is 4.31 Å². The Bertz CT molecular complexity index is 378. The third-order valence-electron chi connectivity index (χ3n) is 3.25. The maximum absolute atomic E-state index is 12.2. The van der Waals surface area contributed by atoms with Crippen molar-refractivity contribution in [3.8, 4) is 0 Å². The Labute approximate surface area is 114 Å². The molecule has 0 radical (unpaired) electrons. The number of ether oxygens (including phenoxy) is 1. The fourth-order valence-electron chi connectivity index (χ4n) is 2.01. The van der Waals surface area contributed by atoms with Crippen LogP contribution in [0.15, 0.2) is 0 Å². The lowest BCUT2D eigenvalue weighted by atomic mass is 9.93. The molecule has 19 heavy (non-hydrogen) atoms. The summed E-state index contributed by atoms with van der Waals surface area (Å²) in [4.78, 5) is 11.2. The first-order chi connectivity index (χ1) is 9.01. The smallest absolute Gasteiger partial charge is 0.306 e. The summed E-state index contributed by atoms with van der Waals surface area (Å²) in [5.74, 6) is -0.699. The van der Waals surface area contributed by atoms with Gasteiger partial charge in [-0.1, -0.05) is 6.42 Å². The quantitative estimate of drug-likeness (QED) is 0.626. The van der Waals surface area contributed by atoms with Crippen LogP contribution in [0.3, 0.4) is 0 Å². The third-order valence-corrected chi connectivity index (χ3v) is 5.16. The Morgan fingerprint density at radius 2 is 2.11 bits per heavy atom. The molecule has 0 heterocycles. The van der Waals surface area contributed by atoms with E-state index in [0.29, 0.717) is 13.0 Å². The summed E-state index contributed by atoms with van der Waals surface area (Å²) in [6.07, 6.45) is 3.08. The van der Waals surface area contributed by atoms with Crippen LogP contribution in [0.2, 0.25) is 0 Å². The van der Waals surface area contributed by atoms with Crippen molar-refractivity contribution < 1.29 is 23.1 Å². The highest BCUT2D eigenvalue weighted by Gasteiger charge is 2.33. The summed E-state index contributed by atoms with van der Waals surface area (Å²) in [6.45, 7) is 2.24. The van der Waals surface area contributed by atoms with Gasteiger partial charge in [0.05, 0.1) is 18.8 Å². The van der Waals surface area contributed by atoms with Crippen molar-refractivity contribution in [3.63, 3.8) is 0 Å². The van der Waals surface area contributed by atoms with Gasteiger partial charge in [-0.15, -0.1) is 0 Å². The SMILES string of the molecule is CCOC(=O)CCS(=O)(=O)N(CCCO)C1CCC1. The Kier molecular flexibility index (Phi) is 6.74. The molecule has 1 rings (SSSR count). The summed E-state index contributed by atoms with van der Waals surface area (Å²) < 4.78 is 30.6. The van der Waals surface area contributed by atoms with E-state index in [1.807, 2.05) is 0 Å². The fraction of sp³-hybridized carbons (Fsp3) is 0.917. The Hall–Kier alpha value is -0.660. The zero-order valence-electron chi connectivity index (χ0n) is 11.4. The van der Waals surface area contributed by atoms with E-state index >= 15 is 0 Å². The standard InChI is InChI=1S/C12H23NO5S/c1-2-18-12(15)7-10-19(16,17)13(8-4-9-14)11-5-3-6-11/h11,14H,2-10H2,1H3. The molecule has 1 fully saturated rings. The van der Waals surface area contributed by atoms with Crippen LogP contribution in [-0.4, -0.2) is 55.4 Å². The average Bonchev–Trinajstić information content (AvgIpc) is 2.30. The molecule has 0 saturated heterocycles. The minimum Gasteiger partial charge on any atom is -0.466 e. The highest BCUT2D eigenvalue weighted by atomic mass is 32.2. The van der Waals surface area contributed by atoms with Crippen LogP contribution in [0.4, 0.5) is 0 Å². The van der Waals surface area contributed by atoms with Gasteiger partial charge in [-0.2, -0.15) is 4.31 Å². The minimum atomic E-state index is -3.45. The molecule has 1 aliphatic carbocycles. The number of aliphatic hydroxyl groups is 1. The second-order valence-corrected chi connectivity index (χ2v) is 6.68. The molecule has 6 nitrogen and oxygen atoms in total. The summed E-state index contributed by atoms with van der Waals surface area (Å²) in [5, 5.41) is 8.85. The molecule has 0 bridgehead atoms. The molecule has 1 N–H and O–H groups in total. The van der Waals surface area contributed by atoms with E-state index in [0.717, 1.165) is 19.3 Å². The van der Waals surface area contributed by atoms with Gasteiger partial charge in [0.15, 0.2) is 0 Å². The lowest BCUT2D eigenvalue weighted by Crippen LogP contribution is -2.46. The highest BCUT2D eigenvalue weighted by Crippen LogP contribution is 2.27. The van der Waals surface area contributed by atoms with Gasteiger partial charge in [-0.25, -0.2) is 8.42 Å². The molecule has 1 aliphatic rings. The van der Waals surface area contributed by atoms with Gasteiger partial charge in [-0.3, -0.25) is 4.79 Å². The number of hydrogen-bond acceptors (Lipinski definition) is 5. The molecule has 0 atom stereocenters. The highest BCUT2D eigenvalue weighted by molar-refractivity contribution is 7.89. The largest absolute Gasteiger partial charge is 0.466 e. The number of carbonyl (C=O) groups is 1. The van der Waals surface area contributed by atoms with Crippen LogP contribution < -0.4 is 0 Å². The normalized spacial score (nSPS) is 16.4. The van der Waals surface area contributed by atoms with Gasteiger partial charge in [0.2, 0.25) is 10.0 Å². The molecular weight excluding hydrogens is 270 g/mol. The fourth-order valence-corrected chi connectivity index (χ4v) is 3.74. The van der Waals surface area contributed by atoms with Crippen LogP contribution in [0.25, 0.3) is 0 Å². The molecule has 112 valence electrons. The van der Waals surface area contributed by atoms with Crippen LogP contribution in [0.5, 0.6) is 0 Å². The molecule has 0 aliphatic heterocycles. The summed E-state index contributed by atoms with van der Waals surface area (Å²) in [5.41, 5.74) is 0. The van der Waals surface area contributed by atoms with E-state index in [2.05, 4.69) is 0 Å². The first kappa shape index (κ1) is 16.4. The Morgan fingerprint density at radius 3 is 2.58 bits per heavy atom. The lowest BCUT2D eigenvalue weighted by molar-refractivity contribution is -0.142. The summed E-state index contributed by atoms with van der Waals surface area (Å²) in [7, 11) is -3.45. The van der Waals surface area contributed by atoms with Gasteiger partial charge < -0.3 is 9.84 Å². The topological polar surface area (TPSA) is 83.9 Å². The molecule has 7 heteroatoms. The van der Waals surface area contributed by atoms with Crippen molar-refractivity contribution in [2.45, 2.75) is 45.1 Å². The van der Waals surface area contributed by atoms with Crippen LogP contribution in [-0.2, 0) is 19.6 Å². The first-order valence-electron chi connectivity index (χ1n) is 6.77. The number of sulfonamides is 1. The van der Waals surface area contributed by atoms with E-state index in [-0.39, 0.29) is 31.4 Å². The third kappa shape index (κ3) is 5.08. The van der Waals surface area contributed by atoms with Gasteiger partial charge in [0, 0.05) is 19.2 Å². The monoisotopic (exact) mass is 293 g/mol. The summed E-state index contributed by atoms with van der Waals surface area (Å²) >= 11 is 0. The van der Waals surface area contributed by atoms with E-state index < -0.39 is 16.0 Å². The zero-order chi connectivity index (χ0) is 14.3. The Morgan fingerprint density at radius 1 is 1.42 bits per heavy atom. The number of esters is 1. The first-order valence-corrected chi connectivity index (χ1v) is 8.38. The maximum Gasteiger partial charge on any atom is 0.306 e. The van der Waals surface area contributed by atoms with Gasteiger partial charge in [0.1, 0.15) is 0 Å². The molecule has 0 aromatic rings. The van der Waals surface area contributed by atoms with E-state index in [9.17, 15) is 13.2 Å². The number of aliphatic hydroxyl groups excluding tert-OH is 1. The van der Waals surface area contributed by atoms with Crippen LogP contribution in [0.1, 0.15) is 39.0 Å². The molecule has 1 saturated carbocycles. The summed E-state index contributed by atoms with van der Waals surface area (Å²) in [6, 6.07) is 0.0405. The van der Waals surface area contributed by atoms with Gasteiger partial charge in [0.25, 0.3) is 0 Å². The number of rotatable bonds is 9. The Balaban J connectivity index is 2.56. The van der Waals surface area contributed by atoms with Crippen molar-refractivity contribution in [1.29, 1.82) is 0 Å². The average molecular weight is 293 g/mol. The van der Waals surface area contributed by atoms with Crippen molar-refractivity contribution in [2.75, 3.05) is 25.5 Å². The molecule has 0 unspecified atom stereocenters. The van der Waals surface area contributed by atoms with Gasteiger partial charge in [-0.05, 0) is 26.2 Å². The predicted molar refractivity (Wildman–Crippen MR) is 71.1 cm³/mol. The molecule has 0 aromatic carbocycles.